The zero-order valence-corrected chi connectivity index (χ0v) is 18.8. The molecule has 162 valence electrons. The van der Waals surface area contributed by atoms with Crippen molar-refractivity contribution in [1.82, 2.24) is 0 Å². The lowest BCUT2D eigenvalue weighted by atomic mass is 9.55. The summed E-state index contributed by atoms with van der Waals surface area (Å²) in [4.78, 5) is 35.8. The van der Waals surface area contributed by atoms with Crippen LogP contribution in [0.1, 0.15) is 59.8 Å². The average molecular weight is 428 g/mol. The summed E-state index contributed by atoms with van der Waals surface area (Å²) in [6.07, 6.45) is 4.19. The van der Waals surface area contributed by atoms with E-state index in [2.05, 4.69) is 27.7 Å². The summed E-state index contributed by atoms with van der Waals surface area (Å²) in [6.45, 7) is 9.21. The third kappa shape index (κ3) is 8.23. The Labute approximate surface area is 162 Å². The first-order valence-corrected chi connectivity index (χ1v) is 13.0. The maximum absolute atomic E-state index is 11.0. The molecule has 0 amide bonds. The van der Waals surface area contributed by atoms with Crippen molar-refractivity contribution in [2.45, 2.75) is 59.8 Å². The molecule has 1 atom stereocenters. The topological polar surface area (TPSA) is 167 Å². The zero-order chi connectivity index (χ0) is 21.4. The Kier molecular flexibility index (Phi) is 7.63. The second kappa shape index (κ2) is 8.16. The Balaban J connectivity index is 0.000000271. The van der Waals surface area contributed by atoms with Gasteiger partial charge in [-0.1, -0.05) is 27.7 Å². The van der Waals surface area contributed by atoms with E-state index in [1.165, 1.54) is 0 Å². The molecule has 0 aromatic carbocycles. The first-order valence-electron chi connectivity index (χ1n) is 9.36. The Morgan fingerprint density at radius 2 is 1.07 bits per heavy atom. The fraction of sp³-hybridized carbons (Fsp3) is 1.00. The van der Waals surface area contributed by atoms with Gasteiger partial charge in [-0.2, -0.15) is 0 Å². The predicted molar refractivity (Wildman–Crippen MR) is 107 cm³/mol. The number of rotatable bonds is 6. The van der Waals surface area contributed by atoms with E-state index in [1.807, 2.05) is 0 Å². The van der Waals surface area contributed by atoms with Crippen molar-refractivity contribution in [2.24, 2.45) is 33.1 Å². The van der Waals surface area contributed by atoms with Gasteiger partial charge in [-0.15, -0.1) is 0 Å². The molecule has 8 nitrogen and oxygen atoms in total. The second-order valence-corrected chi connectivity index (χ2v) is 13.7. The van der Waals surface area contributed by atoms with Gasteiger partial charge in [0.25, 0.3) is 0 Å². The molecule has 0 aromatic rings. The van der Waals surface area contributed by atoms with Crippen molar-refractivity contribution in [3.8, 4) is 0 Å². The molecule has 2 aliphatic carbocycles. The van der Waals surface area contributed by atoms with Crippen LogP contribution < -0.4 is 11.5 Å². The van der Waals surface area contributed by atoms with Crippen LogP contribution in [0.15, 0.2) is 0 Å². The van der Waals surface area contributed by atoms with E-state index < -0.39 is 15.2 Å². The van der Waals surface area contributed by atoms with Crippen LogP contribution in [0.25, 0.3) is 0 Å². The molecule has 0 heterocycles. The highest BCUT2D eigenvalue weighted by Gasteiger charge is 2.51. The van der Waals surface area contributed by atoms with Gasteiger partial charge < -0.3 is 31.0 Å². The molecule has 2 saturated carbocycles. The Morgan fingerprint density at radius 3 is 1.33 bits per heavy atom. The molecule has 0 aromatic heterocycles. The van der Waals surface area contributed by atoms with Crippen LogP contribution in [0, 0.1) is 21.7 Å². The molecule has 0 bridgehead atoms. The van der Waals surface area contributed by atoms with Crippen LogP contribution in [0.2, 0.25) is 0 Å². The number of nitrogens with two attached hydrogens (primary N) is 2. The van der Waals surface area contributed by atoms with E-state index in [0.29, 0.717) is 13.1 Å². The Hall–Kier alpha value is 0.220. The van der Waals surface area contributed by atoms with Gasteiger partial charge >= 0.3 is 15.2 Å². The van der Waals surface area contributed by atoms with Crippen LogP contribution in [0.3, 0.4) is 0 Å². The number of hydrogen-bond acceptors (Lipinski definition) is 4. The molecule has 1 unspecified atom stereocenters. The van der Waals surface area contributed by atoms with Crippen molar-refractivity contribution < 1.29 is 28.7 Å². The smallest absolute Gasteiger partial charge is 0.326 e. The highest BCUT2D eigenvalue weighted by atomic mass is 31.2. The summed E-state index contributed by atoms with van der Waals surface area (Å²) in [7, 11) is -7.84. The van der Waals surface area contributed by atoms with Gasteiger partial charge in [0.2, 0.25) is 0 Å². The average Bonchev–Trinajstić information content (AvgIpc) is 2.69. The third-order valence-electron chi connectivity index (χ3n) is 5.84. The molecular formula is C17H38N2O6P2. The van der Waals surface area contributed by atoms with Crippen LogP contribution in [0.4, 0.5) is 0 Å². The molecule has 0 aliphatic heterocycles. The normalized spacial score (nSPS) is 28.8. The van der Waals surface area contributed by atoms with Gasteiger partial charge in [-0.05, 0) is 66.9 Å². The molecule has 2 rings (SSSR count). The van der Waals surface area contributed by atoms with Crippen molar-refractivity contribution in [2.75, 3.05) is 25.4 Å². The zero-order valence-electron chi connectivity index (χ0n) is 17.0. The van der Waals surface area contributed by atoms with Crippen molar-refractivity contribution in [3.63, 3.8) is 0 Å². The van der Waals surface area contributed by atoms with Gasteiger partial charge in [-0.3, -0.25) is 9.13 Å². The predicted octanol–water partition coefficient (Wildman–Crippen LogP) is 2.25. The van der Waals surface area contributed by atoms with Crippen LogP contribution in [-0.4, -0.2) is 45.0 Å². The quantitative estimate of drug-likeness (QED) is 0.350. The van der Waals surface area contributed by atoms with Crippen molar-refractivity contribution >= 4 is 15.2 Å². The molecule has 27 heavy (non-hydrogen) atoms. The Bertz CT molecular complexity index is 605. The van der Waals surface area contributed by atoms with Gasteiger partial charge in [0.1, 0.15) is 0 Å². The standard InChI is InChI=1S/C9H20NO3P.C8H18NO3P/c1-8(2)3-4-9(5-8,6-10)7-14(11,12)13;1-7(2)3-8(4-7,5-9)6-13(10,11)12/h3-7,10H2,1-2H3,(H2,11,12,13);3-6,9H2,1-2H3,(H2,10,11,12). The van der Waals surface area contributed by atoms with E-state index in [9.17, 15) is 9.13 Å². The van der Waals surface area contributed by atoms with E-state index in [0.717, 1.165) is 32.1 Å². The van der Waals surface area contributed by atoms with Crippen molar-refractivity contribution in [3.05, 3.63) is 0 Å². The minimum atomic E-state index is -3.93. The summed E-state index contributed by atoms with van der Waals surface area (Å²) >= 11 is 0. The summed E-state index contributed by atoms with van der Waals surface area (Å²) in [5.41, 5.74) is 11.0. The molecule has 2 aliphatic rings. The maximum atomic E-state index is 11.0. The van der Waals surface area contributed by atoms with Gasteiger partial charge in [0, 0.05) is 0 Å². The lowest BCUT2D eigenvalue weighted by Gasteiger charge is -2.53. The van der Waals surface area contributed by atoms with Crippen LogP contribution in [0.5, 0.6) is 0 Å². The third-order valence-corrected chi connectivity index (χ3v) is 8.01. The van der Waals surface area contributed by atoms with Crippen LogP contribution in [-0.2, 0) is 9.13 Å². The maximum Gasteiger partial charge on any atom is 0.326 e. The monoisotopic (exact) mass is 428 g/mol. The molecule has 10 heteroatoms. The SMILES string of the molecule is CC1(C)CC(CN)(CP(=O)(O)O)C1.CC1(C)CCC(CN)(CP(=O)(O)O)C1. The van der Waals surface area contributed by atoms with Gasteiger partial charge in [0.05, 0.1) is 12.3 Å². The number of hydrogen-bond donors (Lipinski definition) is 6. The molecule has 0 saturated heterocycles. The molecular weight excluding hydrogens is 390 g/mol. The van der Waals surface area contributed by atoms with Crippen LogP contribution >= 0.6 is 15.2 Å². The van der Waals surface area contributed by atoms with Crippen molar-refractivity contribution in [1.29, 1.82) is 0 Å². The highest BCUT2D eigenvalue weighted by molar-refractivity contribution is 7.52. The van der Waals surface area contributed by atoms with E-state index in [4.69, 9.17) is 31.0 Å². The highest BCUT2D eigenvalue weighted by Crippen LogP contribution is 2.59. The lowest BCUT2D eigenvalue weighted by molar-refractivity contribution is 0.0107. The van der Waals surface area contributed by atoms with Gasteiger partial charge in [-0.25, -0.2) is 0 Å². The second-order valence-electron chi connectivity index (χ2n) is 10.4. The summed E-state index contributed by atoms with van der Waals surface area (Å²) < 4.78 is 21.8. The first kappa shape index (κ1) is 25.3. The lowest BCUT2D eigenvalue weighted by Crippen LogP contribution is -2.50. The summed E-state index contributed by atoms with van der Waals surface area (Å²) in [6, 6.07) is 0. The fourth-order valence-corrected chi connectivity index (χ4v) is 7.84. The molecule has 0 spiro atoms. The molecule has 0 radical (unpaired) electrons. The first-order chi connectivity index (χ1) is 11.9. The largest absolute Gasteiger partial charge is 0.330 e. The minimum Gasteiger partial charge on any atom is -0.330 e. The minimum absolute atomic E-state index is 0.0556. The fourth-order valence-electron chi connectivity index (χ4n) is 5.34. The molecule has 8 N–H and O–H groups in total. The van der Waals surface area contributed by atoms with E-state index >= 15 is 0 Å². The summed E-state index contributed by atoms with van der Waals surface area (Å²) in [5.74, 6) is 0. The van der Waals surface area contributed by atoms with E-state index in [1.54, 1.807) is 0 Å². The van der Waals surface area contributed by atoms with Gasteiger partial charge in [0.15, 0.2) is 0 Å². The Morgan fingerprint density at radius 1 is 0.704 bits per heavy atom. The molecule has 2 fully saturated rings. The summed E-state index contributed by atoms with van der Waals surface area (Å²) in [5, 5.41) is 0. The van der Waals surface area contributed by atoms with E-state index in [-0.39, 0.29) is 34.0 Å².